The van der Waals surface area contributed by atoms with E-state index in [2.05, 4.69) is 34.1 Å². The van der Waals surface area contributed by atoms with Crippen molar-refractivity contribution in [3.05, 3.63) is 113 Å². The quantitative estimate of drug-likeness (QED) is 0.195. The highest BCUT2D eigenvalue weighted by Gasteiger charge is 2.15. The van der Waals surface area contributed by atoms with Gasteiger partial charge in [-0.05, 0) is 60.0 Å². The Hall–Kier alpha value is -5.31. The summed E-state index contributed by atoms with van der Waals surface area (Å²) in [5, 5.41) is 4.06. The van der Waals surface area contributed by atoms with Crippen LogP contribution in [0.2, 0.25) is 0 Å². The van der Waals surface area contributed by atoms with Gasteiger partial charge in [0.25, 0.3) is 0 Å². The number of aromatic amines is 1. The summed E-state index contributed by atoms with van der Waals surface area (Å²) in [7, 11) is 0. The first-order chi connectivity index (χ1) is 20.4. The first-order valence-electron chi connectivity index (χ1n) is 13.4. The number of fused-ring (bicyclic) bond motifs is 2. The molecule has 0 aliphatic heterocycles. The lowest BCUT2D eigenvalue weighted by molar-refractivity contribution is 0.271. The minimum atomic E-state index is -0.608. The van der Waals surface area contributed by atoms with E-state index >= 15 is 4.39 Å². The first-order valence-corrected chi connectivity index (χ1v) is 13.4. The van der Waals surface area contributed by atoms with E-state index < -0.39 is 11.6 Å². The van der Waals surface area contributed by atoms with Crippen LogP contribution in [-0.2, 0) is 0 Å². The van der Waals surface area contributed by atoms with Crippen molar-refractivity contribution in [3.8, 4) is 28.4 Å². The van der Waals surface area contributed by atoms with Crippen LogP contribution in [-0.4, -0.2) is 21.6 Å². The van der Waals surface area contributed by atoms with E-state index in [9.17, 15) is 9.18 Å². The van der Waals surface area contributed by atoms with Gasteiger partial charge in [0.1, 0.15) is 23.1 Å². The second-order valence-electron chi connectivity index (χ2n) is 10.2. The second kappa shape index (κ2) is 11.3. The molecular weight excluding hydrogens is 538 g/mol. The number of anilines is 2. The first kappa shape index (κ1) is 26.9. The Morgan fingerprint density at radius 2 is 1.71 bits per heavy atom. The minimum Gasteiger partial charge on any atom is -0.493 e. The topological polar surface area (TPSA) is 89.1 Å². The highest BCUT2D eigenvalue weighted by Crippen LogP contribution is 2.34. The fourth-order valence-electron chi connectivity index (χ4n) is 4.56. The molecule has 6 rings (SSSR count). The van der Waals surface area contributed by atoms with Crippen molar-refractivity contribution in [1.29, 1.82) is 0 Å². The van der Waals surface area contributed by atoms with Gasteiger partial charge in [0.2, 0.25) is 5.43 Å². The highest BCUT2D eigenvalue weighted by atomic mass is 19.1. The van der Waals surface area contributed by atoms with Gasteiger partial charge in [0, 0.05) is 47.4 Å². The van der Waals surface area contributed by atoms with Crippen molar-refractivity contribution < 1.29 is 18.3 Å². The zero-order chi connectivity index (χ0) is 29.2. The molecular formula is C33H26F2N4O3. The van der Waals surface area contributed by atoms with Gasteiger partial charge >= 0.3 is 0 Å². The van der Waals surface area contributed by atoms with Gasteiger partial charge in [0.15, 0.2) is 11.6 Å². The predicted molar refractivity (Wildman–Crippen MR) is 160 cm³/mol. The Morgan fingerprint density at radius 1 is 0.905 bits per heavy atom. The summed E-state index contributed by atoms with van der Waals surface area (Å²) in [6, 6.07) is 18.9. The van der Waals surface area contributed by atoms with E-state index in [0.29, 0.717) is 62.6 Å². The summed E-state index contributed by atoms with van der Waals surface area (Å²) in [6.07, 6.45) is 4.72. The molecule has 210 valence electrons. The summed E-state index contributed by atoms with van der Waals surface area (Å²) >= 11 is 0. The molecule has 0 saturated heterocycles. The van der Waals surface area contributed by atoms with Crippen molar-refractivity contribution in [2.24, 2.45) is 5.92 Å². The summed E-state index contributed by atoms with van der Waals surface area (Å²) in [4.78, 5) is 25.3. The Morgan fingerprint density at radius 3 is 2.50 bits per heavy atom. The average Bonchev–Trinajstić information content (AvgIpc) is 2.98. The molecule has 2 N–H and O–H groups in total. The smallest absolute Gasteiger partial charge is 0.200 e. The molecule has 0 aliphatic carbocycles. The number of aromatic nitrogens is 3. The van der Waals surface area contributed by atoms with E-state index in [4.69, 9.17) is 9.47 Å². The molecule has 3 aromatic carbocycles. The zero-order valence-corrected chi connectivity index (χ0v) is 22.8. The summed E-state index contributed by atoms with van der Waals surface area (Å²) in [5.74, 6) is 0.811. The van der Waals surface area contributed by atoms with Gasteiger partial charge < -0.3 is 19.8 Å². The zero-order valence-electron chi connectivity index (χ0n) is 22.8. The molecule has 6 aromatic rings. The maximum Gasteiger partial charge on any atom is 0.200 e. The lowest BCUT2D eigenvalue weighted by Gasteiger charge is -2.13. The largest absolute Gasteiger partial charge is 0.493 e. The Bertz CT molecular complexity index is 1970. The molecule has 0 bridgehead atoms. The third-order valence-corrected chi connectivity index (χ3v) is 6.62. The third kappa shape index (κ3) is 5.49. The Kier molecular flexibility index (Phi) is 7.23. The van der Waals surface area contributed by atoms with Crippen LogP contribution < -0.4 is 20.2 Å². The molecule has 3 aromatic heterocycles. The monoisotopic (exact) mass is 564 g/mol. The Labute approximate surface area is 239 Å². The maximum atomic E-state index is 15.3. The van der Waals surface area contributed by atoms with Crippen LogP contribution in [0, 0.1) is 17.6 Å². The van der Waals surface area contributed by atoms with Gasteiger partial charge in [-0.25, -0.2) is 13.8 Å². The predicted octanol–water partition coefficient (Wildman–Crippen LogP) is 7.99. The molecule has 3 heterocycles. The average molecular weight is 565 g/mol. The van der Waals surface area contributed by atoms with Crippen LogP contribution in [0.4, 0.5) is 20.3 Å². The van der Waals surface area contributed by atoms with E-state index in [1.807, 2.05) is 18.2 Å². The van der Waals surface area contributed by atoms with Crippen molar-refractivity contribution in [2.45, 2.75) is 13.8 Å². The molecule has 42 heavy (non-hydrogen) atoms. The number of ether oxygens (including phenoxy) is 2. The standard InChI is InChI=1S/C33H26F2N4O3/c1-19(2)18-41-23-8-9-24-28(16-23)36-14-12-29(24)42-30-10-7-22(15-26(30)35)39-33-31-27(11-13-37-33)38-17-25(32(31)40)20-3-5-21(34)6-4-20/h3-17,19H,18H2,1-2H3,(H,37,39)(H,38,40). The van der Waals surface area contributed by atoms with Crippen molar-refractivity contribution >= 4 is 33.3 Å². The minimum absolute atomic E-state index is 0.0236. The van der Waals surface area contributed by atoms with Crippen LogP contribution in [0.15, 0.2) is 96.2 Å². The number of nitrogens with one attached hydrogen (secondary N) is 2. The molecule has 0 amide bonds. The van der Waals surface area contributed by atoms with Gasteiger partial charge in [0.05, 0.1) is 23.0 Å². The third-order valence-electron chi connectivity index (χ3n) is 6.62. The Balaban J connectivity index is 1.27. The number of H-pyrrole nitrogens is 1. The maximum absolute atomic E-state index is 15.3. The summed E-state index contributed by atoms with van der Waals surface area (Å²) < 4.78 is 40.4. The van der Waals surface area contributed by atoms with Crippen LogP contribution in [0.25, 0.3) is 32.9 Å². The lowest BCUT2D eigenvalue weighted by Crippen LogP contribution is -2.10. The van der Waals surface area contributed by atoms with E-state index in [1.165, 1.54) is 36.4 Å². The van der Waals surface area contributed by atoms with E-state index in [-0.39, 0.29) is 17.0 Å². The SMILES string of the molecule is CC(C)COc1ccc2c(Oc3ccc(Nc4nccc5[nH]cc(-c6ccc(F)cc6)c(=O)c45)cc3F)ccnc2c1. The fraction of sp³-hybridized carbons (Fsp3) is 0.121. The number of rotatable bonds is 8. The van der Waals surface area contributed by atoms with E-state index in [0.717, 1.165) is 0 Å². The number of halogens is 2. The van der Waals surface area contributed by atoms with Crippen molar-refractivity contribution in [2.75, 3.05) is 11.9 Å². The molecule has 9 heteroatoms. The summed E-state index contributed by atoms with van der Waals surface area (Å²) in [6.45, 7) is 4.74. The van der Waals surface area contributed by atoms with Gasteiger partial charge in [-0.3, -0.25) is 9.78 Å². The molecule has 0 unspecified atom stereocenters. The van der Waals surface area contributed by atoms with Crippen LogP contribution >= 0.6 is 0 Å². The van der Waals surface area contributed by atoms with Gasteiger partial charge in [-0.1, -0.05) is 26.0 Å². The number of nitrogens with zero attached hydrogens (tertiary/aromatic N) is 2. The fourth-order valence-corrected chi connectivity index (χ4v) is 4.56. The molecule has 0 atom stereocenters. The van der Waals surface area contributed by atoms with Crippen molar-refractivity contribution in [1.82, 2.24) is 15.0 Å². The normalized spacial score (nSPS) is 11.3. The van der Waals surface area contributed by atoms with Crippen LogP contribution in [0.5, 0.6) is 17.2 Å². The number of hydrogen-bond donors (Lipinski definition) is 2. The molecule has 0 saturated carbocycles. The second-order valence-corrected chi connectivity index (χ2v) is 10.2. The lowest BCUT2D eigenvalue weighted by atomic mass is 10.0. The number of hydrogen-bond acceptors (Lipinski definition) is 6. The number of benzene rings is 3. The van der Waals surface area contributed by atoms with E-state index in [1.54, 1.807) is 36.8 Å². The highest BCUT2D eigenvalue weighted by molar-refractivity contribution is 5.93. The molecule has 7 nitrogen and oxygen atoms in total. The molecule has 0 fully saturated rings. The molecule has 0 radical (unpaired) electrons. The van der Waals surface area contributed by atoms with Crippen LogP contribution in [0.3, 0.4) is 0 Å². The van der Waals surface area contributed by atoms with Gasteiger partial charge in [-0.2, -0.15) is 0 Å². The molecule has 0 aliphatic rings. The van der Waals surface area contributed by atoms with Crippen molar-refractivity contribution in [3.63, 3.8) is 0 Å². The molecule has 0 spiro atoms. The summed E-state index contributed by atoms with van der Waals surface area (Å²) in [5.41, 5.74) is 2.21. The van der Waals surface area contributed by atoms with Crippen LogP contribution in [0.1, 0.15) is 13.8 Å². The number of pyridine rings is 3. The van der Waals surface area contributed by atoms with Gasteiger partial charge in [-0.15, -0.1) is 0 Å².